The lowest BCUT2D eigenvalue weighted by atomic mass is 9.98. The molecule has 5 N–H and O–H groups in total. The predicted octanol–water partition coefficient (Wildman–Crippen LogP) is 3.50. The maximum Gasteiger partial charge on any atom is 0.246 e. The number of carbonyl (C=O) groups is 5. The minimum atomic E-state index is -0.998. The van der Waals surface area contributed by atoms with Crippen LogP contribution in [-0.4, -0.2) is 90.7 Å². The Labute approximate surface area is 302 Å². The van der Waals surface area contributed by atoms with Crippen LogP contribution in [0.5, 0.6) is 0 Å². The summed E-state index contributed by atoms with van der Waals surface area (Å²) in [4.78, 5) is 69.2. The molecule has 3 aromatic rings. The first-order valence-electron chi connectivity index (χ1n) is 17.5. The normalized spacial score (nSPS) is 13.2. The zero-order valence-corrected chi connectivity index (χ0v) is 30.8. The summed E-state index contributed by atoms with van der Waals surface area (Å²) in [5, 5.41) is 10.3. The number of benzene rings is 3. The van der Waals surface area contributed by atoms with Crippen LogP contribution >= 0.6 is 0 Å². The highest BCUT2D eigenvalue weighted by Crippen LogP contribution is 2.20. The number of rotatable bonds is 18. The third-order valence-corrected chi connectivity index (χ3v) is 8.81. The minimum absolute atomic E-state index is 0.135. The molecule has 3 atom stereocenters. The van der Waals surface area contributed by atoms with Gasteiger partial charge in [0, 0.05) is 53.0 Å². The largest absolute Gasteiger partial charge is 0.357 e. The number of nitrogens with one attached hydrogen (secondary N) is 3. The summed E-state index contributed by atoms with van der Waals surface area (Å²) >= 11 is 0. The van der Waals surface area contributed by atoms with Gasteiger partial charge in [-0.25, -0.2) is 0 Å². The Morgan fingerprint density at radius 3 is 2.10 bits per heavy atom. The van der Waals surface area contributed by atoms with Crippen LogP contribution in [0.4, 0.5) is 0 Å². The van der Waals surface area contributed by atoms with E-state index in [1.807, 2.05) is 86.6 Å². The molecule has 0 fully saturated rings. The Balaban J connectivity index is 1.95. The van der Waals surface area contributed by atoms with Gasteiger partial charge in [-0.1, -0.05) is 78.9 Å². The molecule has 0 saturated heterocycles. The average molecular weight is 699 g/mol. The van der Waals surface area contributed by atoms with E-state index >= 15 is 0 Å². The molecule has 11 heteroatoms. The number of unbranched alkanes of at least 4 members (excludes halogenated alkanes) is 1. The van der Waals surface area contributed by atoms with Crippen molar-refractivity contribution < 1.29 is 24.0 Å². The molecule has 0 radical (unpaired) electrons. The van der Waals surface area contributed by atoms with Crippen LogP contribution in [0.15, 0.2) is 84.9 Å². The lowest BCUT2D eigenvalue weighted by molar-refractivity contribution is -0.146. The Morgan fingerprint density at radius 2 is 1.45 bits per heavy atom. The lowest BCUT2D eigenvalue weighted by Crippen LogP contribution is -2.58. The molecule has 0 aliphatic carbocycles. The number of nitrogens with zero attached hydrogens (tertiary/aromatic N) is 2. The van der Waals surface area contributed by atoms with Crippen molar-refractivity contribution >= 4 is 40.3 Å². The van der Waals surface area contributed by atoms with E-state index in [1.165, 1.54) is 29.8 Å². The van der Waals surface area contributed by atoms with Gasteiger partial charge < -0.3 is 31.5 Å². The second-order valence-corrected chi connectivity index (χ2v) is 13.8. The molecule has 3 aromatic carbocycles. The monoisotopic (exact) mass is 698 g/mol. The van der Waals surface area contributed by atoms with Crippen molar-refractivity contribution in [2.75, 3.05) is 27.7 Å². The van der Waals surface area contributed by atoms with Crippen LogP contribution in [-0.2, 0) is 36.8 Å². The standard InChI is InChI=1S/C40H54N6O5/c1-28(47)43-24-13-12-19-33(37(49)42-4)44-38(50)34(26-29-15-8-7-9-16-29)46(6)39(51)35(45(5)36(48)20-14-23-40(2,3)41)27-30-21-22-31-17-10-11-18-32(31)25-30/h7-11,14-18,20-22,25,33-35H,12-13,19,23-24,26-27,41H2,1-6H3,(H,42,49)(H,43,47)(H,44,50)/b20-14+/t33?,34-,35-/m1/s1. The van der Waals surface area contributed by atoms with Crippen molar-refractivity contribution in [3.8, 4) is 0 Å². The summed E-state index contributed by atoms with van der Waals surface area (Å²) in [5.41, 5.74) is 7.29. The van der Waals surface area contributed by atoms with E-state index in [1.54, 1.807) is 20.2 Å². The van der Waals surface area contributed by atoms with Gasteiger partial charge in [-0.15, -0.1) is 0 Å². The Morgan fingerprint density at radius 1 is 0.804 bits per heavy atom. The van der Waals surface area contributed by atoms with Crippen molar-refractivity contribution in [1.29, 1.82) is 0 Å². The molecule has 274 valence electrons. The number of hydrogen-bond donors (Lipinski definition) is 4. The molecule has 1 unspecified atom stereocenters. The summed E-state index contributed by atoms with van der Waals surface area (Å²) in [5.74, 6) is -1.77. The summed E-state index contributed by atoms with van der Waals surface area (Å²) in [6, 6.07) is 20.4. The first-order valence-corrected chi connectivity index (χ1v) is 17.5. The second-order valence-electron chi connectivity index (χ2n) is 13.8. The summed E-state index contributed by atoms with van der Waals surface area (Å²) in [7, 11) is 4.66. The van der Waals surface area contributed by atoms with Crippen LogP contribution in [0.3, 0.4) is 0 Å². The van der Waals surface area contributed by atoms with Gasteiger partial charge in [-0.05, 0) is 67.5 Å². The van der Waals surface area contributed by atoms with Crippen LogP contribution < -0.4 is 21.7 Å². The maximum absolute atomic E-state index is 14.6. The molecular weight excluding hydrogens is 644 g/mol. The van der Waals surface area contributed by atoms with Crippen LogP contribution in [0, 0.1) is 0 Å². The van der Waals surface area contributed by atoms with Crippen molar-refractivity contribution in [1.82, 2.24) is 25.8 Å². The van der Waals surface area contributed by atoms with E-state index < -0.39 is 35.5 Å². The van der Waals surface area contributed by atoms with E-state index in [4.69, 9.17) is 5.73 Å². The van der Waals surface area contributed by atoms with Crippen molar-refractivity contribution in [2.24, 2.45) is 5.73 Å². The molecule has 0 aromatic heterocycles. The summed E-state index contributed by atoms with van der Waals surface area (Å²) in [6.45, 7) is 5.63. The number of likely N-dealkylation sites (N-methyl/N-ethyl adjacent to an activating group) is 3. The van der Waals surface area contributed by atoms with Gasteiger partial charge in [0.05, 0.1) is 0 Å². The van der Waals surface area contributed by atoms with Crippen molar-refractivity contribution in [2.45, 2.75) is 83.0 Å². The minimum Gasteiger partial charge on any atom is -0.357 e. The second kappa shape index (κ2) is 19.4. The molecular formula is C40H54N6O5. The zero-order valence-electron chi connectivity index (χ0n) is 30.8. The van der Waals surface area contributed by atoms with Gasteiger partial charge in [0.2, 0.25) is 29.5 Å². The van der Waals surface area contributed by atoms with E-state index in [0.29, 0.717) is 32.2 Å². The van der Waals surface area contributed by atoms with E-state index in [0.717, 1.165) is 21.9 Å². The van der Waals surface area contributed by atoms with E-state index in [9.17, 15) is 24.0 Å². The van der Waals surface area contributed by atoms with E-state index in [-0.39, 0.29) is 30.6 Å². The third kappa shape index (κ3) is 13.0. The highest BCUT2D eigenvalue weighted by Gasteiger charge is 2.36. The molecule has 0 saturated carbocycles. The number of hydrogen-bond acceptors (Lipinski definition) is 6. The maximum atomic E-state index is 14.6. The Kier molecular flexibility index (Phi) is 15.4. The van der Waals surface area contributed by atoms with Gasteiger partial charge >= 0.3 is 0 Å². The fourth-order valence-electron chi connectivity index (χ4n) is 5.79. The molecule has 0 bridgehead atoms. The molecule has 51 heavy (non-hydrogen) atoms. The van der Waals surface area contributed by atoms with Gasteiger partial charge in [0.15, 0.2) is 0 Å². The summed E-state index contributed by atoms with van der Waals surface area (Å²) < 4.78 is 0. The number of nitrogens with two attached hydrogens (primary N) is 1. The smallest absolute Gasteiger partial charge is 0.246 e. The quantitative estimate of drug-likeness (QED) is 0.118. The van der Waals surface area contributed by atoms with Crippen LogP contribution in [0.25, 0.3) is 10.8 Å². The van der Waals surface area contributed by atoms with Gasteiger partial charge in [0.1, 0.15) is 18.1 Å². The predicted molar refractivity (Wildman–Crippen MR) is 201 cm³/mol. The Bertz CT molecular complexity index is 1670. The molecule has 3 rings (SSSR count). The molecule has 0 aliphatic heterocycles. The van der Waals surface area contributed by atoms with Gasteiger partial charge in [-0.2, -0.15) is 0 Å². The molecule has 0 spiro atoms. The first kappa shape index (κ1) is 40.4. The van der Waals surface area contributed by atoms with E-state index in [2.05, 4.69) is 16.0 Å². The average Bonchev–Trinajstić information content (AvgIpc) is 3.10. The molecule has 0 heterocycles. The first-order chi connectivity index (χ1) is 24.2. The highest BCUT2D eigenvalue weighted by molar-refractivity contribution is 5.96. The third-order valence-electron chi connectivity index (χ3n) is 8.81. The summed E-state index contributed by atoms with van der Waals surface area (Å²) in [6.07, 6.45) is 5.55. The van der Waals surface area contributed by atoms with Crippen LogP contribution in [0.1, 0.15) is 57.6 Å². The number of amides is 5. The SMILES string of the molecule is CNC(=O)C(CCCCNC(C)=O)NC(=O)[C@@H](Cc1ccccc1)N(C)C(=O)[C@@H](Cc1ccc2ccccc2c1)N(C)C(=O)/C=C/CC(C)(C)N. The molecule has 5 amide bonds. The fourth-order valence-corrected chi connectivity index (χ4v) is 5.79. The van der Waals surface area contributed by atoms with Crippen molar-refractivity contribution in [3.63, 3.8) is 0 Å². The van der Waals surface area contributed by atoms with Crippen LogP contribution in [0.2, 0.25) is 0 Å². The lowest BCUT2D eigenvalue weighted by Gasteiger charge is -2.35. The molecule has 0 aliphatic rings. The molecule has 11 nitrogen and oxygen atoms in total. The Hall–Kier alpha value is -5.03. The zero-order chi connectivity index (χ0) is 37.6. The van der Waals surface area contributed by atoms with Crippen molar-refractivity contribution in [3.05, 3.63) is 96.1 Å². The number of fused-ring (bicyclic) bond motifs is 1. The highest BCUT2D eigenvalue weighted by atomic mass is 16.2. The fraction of sp³-hybridized carbons (Fsp3) is 0.425. The topological polar surface area (TPSA) is 154 Å². The van der Waals surface area contributed by atoms with Gasteiger partial charge in [0.25, 0.3) is 0 Å². The van der Waals surface area contributed by atoms with Gasteiger partial charge in [-0.3, -0.25) is 24.0 Å². The number of carbonyl (C=O) groups excluding carboxylic acids is 5.